The molecule has 0 aliphatic rings. The third-order valence-electron chi connectivity index (χ3n) is 3.31. The molecule has 2 N–H and O–H groups in total. The van der Waals surface area contributed by atoms with Gasteiger partial charge in [-0.15, -0.1) is 0 Å². The van der Waals surface area contributed by atoms with Crippen LogP contribution in [0.5, 0.6) is 5.75 Å². The van der Waals surface area contributed by atoms with Crippen molar-refractivity contribution in [3.05, 3.63) is 64.7 Å². The van der Waals surface area contributed by atoms with E-state index in [9.17, 15) is 4.79 Å². The Hall–Kier alpha value is -2.20. The lowest BCUT2D eigenvalue weighted by Crippen LogP contribution is -2.36. The SMILES string of the molecule is COc1ccc(CNC(=O)NC(C)c2cccc(Cl)c2)cc1. The highest BCUT2D eigenvalue weighted by Gasteiger charge is 2.09. The Bertz CT molecular complexity index is 629. The molecule has 0 saturated heterocycles. The minimum atomic E-state index is -0.219. The fourth-order valence-electron chi connectivity index (χ4n) is 2.03. The number of benzene rings is 2. The summed E-state index contributed by atoms with van der Waals surface area (Å²) in [6.07, 6.45) is 0. The Morgan fingerprint density at radius 1 is 1.23 bits per heavy atom. The van der Waals surface area contributed by atoms with Gasteiger partial charge in [0.05, 0.1) is 13.2 Å². The van der Waals surface area contributed by atoms with Crippen LogP contribution < -0.4 is 15.4 Å². The van der Waals surface area contributed by atoms with Crippen LogP contribution in [0.4, 0.5) is 4.79 Å². The fourth-order valence-corrected chi connectivity index (χ4v) is 2.23. The molecule has 0 aliphatic carbocycles. The van der Waals surface area contributed by atoms with Crippen molar-refractivity contribution >= 4 is 17.6 Å². The normalized spacial score (nSPS) is 11.6. The van der Waals surface area contributed by atoms with E-state index in [1.54, 1.807) is 7.11 Å². The zero-order valence-corrected chi connectivity index (χ0v) is 13.4. The van der Waals surface area contributed by atoms with Crippen molar-refractivity contribution in [3.63, 3.8) is 0 Å². The number of ether oxygens (including phenoxy) is 1. The van der Waals surface area contributed by atoms with Gasteiger partial charge >= 0.3 is 6.03 Å². The highest BCUT2D eigenvalue weighted by atomic mass is 35.5. The Balaban J connectivity index is 1.84. The Labute approximate surface area is 135 Å². The molecule has 1 unspecified atom stereocenters. The van der Waals surface area contributed by atoms with Crippen LogP contribution in [-0.4, -0.2) is 13.1 Å². The average Bonchev–Trinajstić information content (AvgIpc) is 2.53. The number of halogens is 1. The maximum atomic E-state index is 11.9. The monoisotopic (exact) mass is 318 g/mol. The summed E-state index contributed by atoms with van der Waals surface area (Å²) in [5.41, 5.74) is 1.97. The predicted molar refractivity (Wildman–Crippen MR) is 88.2 cm³/mol. The van der Waals surface area contributed by atoms with E-state index in [1.165, 1.54) is 0 Å². The number of rotatable bonds is 5. The number of urea groups is 1. The molecule has 0 aliphatic heterocycles. The molecular formula is C17H19ClN2O2. The second-order valence-corrected chi connectivity index (χ2v) is 5.39. The van der Waals surface area contributed by atoms with Gasteiger partial charge in [0.2, 0.25) is 0 Å². The van der Waals surface area contributed by atoms with E-state index in [0.717, 1.165) is 16.9 Å². The van der Waals surface area contributed by atoms with E-state index < -0.39 is 0 Å². The second-order valence-electron chi connectivity index (χ2n) is 4.95. The molecule has 0 spiro atoms. The number of carbonyl (C=O) groups excluding carboxylic acids is 1. The molecule has 22 heavy (non-hydrogen) atoms. The highest BCUT2D eigenvalue weighted by Crippen LogP contribution is 2.17. The van der Waals surface area contributed by atoms with Crippen molar-refractivity contribution in [3.8, 4) is 5.75 Å². The first-order chi connectivity index (χ1) is 10.6. The van der Waals surface area contributed by atoms with Crippen molar-refractivity contribution in [1.29, 1.82) is 0 Å². The smallest absolute Gasteiger partial charge is 0.315 e. The summed E-state index contributed by atoms with van der Waals surface area (Å²) in [6.45, 7) is 2.37. The summed E-state index contributed by atoms with van der Waals surface area (Å²) in [4.78, 5) is 11.9. The van der Waals surface area contributed by atoms with Gasteiger partial charge in [0, 0.05) is 11.6 Å². The molecule has 5 heteroatoms. The third-order valence-corrected chi connectivity index (χ3v) is 3.54. The van der Waals surface area contributed by atoms with Crippen LogP contribution >= 0.6 is 11.6 Å². The first-order valence-corrected chi connectivity index (χ1v) is 7.39. The van der Waals surface area contributed by atoms with Gasteiger partial charge in [-0.3, -0.25) is 0 Å². The molecule has 2 aromatic carbocycles. The first kappa shape index (κ1) is 16.2. The van der Waals surface area contributed by atoms with Crippen LogP contribution in [-0.2, 0) is 6.54 Å². The molecule has 0 aromatic heterocycles. The van der Waals surface area contributed by atoms with Crippen LogP contribution in [0, 0.1) is 0 Å². The maximum absolute atomic E-state index is 11.9. The van der Waals surface area contributed by atoms with Gasteiger partial charge in [-0.1, -0.05) is 35.9 Å². The van der Waals surface area contributed by atoms with Gasteiger partial charge in [0.1, 0.15) is 5.75 Å². The lowest BCUT2D eigenvalue weighted by Gasteiger charge is -2.15. The van der Waals surface area contributed by atoms with E-state index >= 15 is 0 Å². The van der Waals surface area contributed by atoms with Crippen LogP contribution in [0.1, 0.15) is 24.1 Å². The van der Waals surface area contributed by atoms with Crippen molar-refractivity contribution in [1.82, 2.24) is 10.6 Å². The molecule has 0 heterocycles. The third kappa shape index (κ3) is 4.67. The largest absolute Gasteiger partial charge is 0.497 e. The number of amides is 2. The van der Waals surface area contributed by atoms with Gasteiger partial charge in [-0.25, -0.2) is 4.79 Å². The Kier molecular flexibility index (Phi) is 5.67. The maximum Gasteiger partial charge on any atom is 0.315 e. The van der Waals surface area contributed by atoms with Crippen molar-refractivity contribution in [2.45, 2.75) is 19.5 Å². The molecule has 0 radical (unpaired) electrons. The van der Waals surface area contributed by atoms with E-state index in [-0.39, 0.29) is 12.1 Å². The lowest BCUT2D eigenvalue weighted by atomic mass is 10.1. The number of nitrogens with one attached hydrogen (secondary N) is 2. The minimum absolute atomic E-state index is 0.116. The quantitative estimate of drug-likeness (QED) is 0.878. The Morgan fingerprint density at radius 3 is 2.59 bits per heavy atom. The minimum Gasteiger partial charge on any atom is -0.497 e. The van der Waals surface area contributed by atoms with Gasteiger partial charge in [0.15, 0.2) is 0 Å². The standard InChI is InChI=1S/C17H19ClN2O2/c1-12(14-4-3-5-15(18)10-14)20-17(21)19-11-13-6-8-16(22-2)9-7-13/h3-10,12H,11H2,1-2H3,(H2,19,20,21). The predicted octanol–water partition coefficient (Wildman–Crippen LogP) is 3.91. The molecule has 1 atom stereocenters. The van der Waals surface area contributed by atoms with Crippen molar-refractivity contribution in [2.75, 3.05) is 7.11 Å². The van der Waals surface area contributed by atoms with Crippen molar-refractivity contribution in [2.24, 2.45) is 0 Å². The number of hydrogen-bond acceptors (Lipinski definition) is 2. The summed E-state index contributed by atoms with van der Waals surface area (Å²) in [5, 5.41) is 6.37. The summed E-state index contributed by atoms with van der Waals surface area (Å²) in [5.74, 6) is 0.794. The highest BCUT2D eigenvalue weighted by molar-refractivity contribution is 6.30. The Morgan fingerprint density at radius 2 is 1.95 bits per heavy atom. The number of hydrogen-bond donors (Lipinski definition) is 2. The molecule has 116 valence electrons. The van der Waals surface area contributed by atoms with Crippen LogP contribution in [0.2, 0.25) is 5.02 Å². The summed E-state index contributed by atoms with van der Waals surface area (Å²) in [6, 6.07) is 14.7. The molecule has 2 amide bonds. The topological polar surface area (TPSA) is 50.4 Å². The zero-order chi connectivity index (χ0) is 15.9. The molecule has 4 nitrogen and oxygen atoms in total. The van der Waals surface area contributed by atoms with E-state index in [4.69, 9.17) is 16.3 Å². The van der Waals surface area contributed by atoms with E-state index in [1.807, 2.05) is 55.5 Å². The number of carbonyl (C=O) groups is 1. The van der Waals surface area contributed by atoms with Crippen LogP contribution in [0.3, 0.4) is 0 Å². The molecular weight excluding hydrogens is 300 g/mol. The summed E-state index contributed by atoms with van der Waals surface area (Å²) < 4.78 is 5.10. The molecule has 0 fully saturated rings. The zero-order valence-electron chi connectivity index (χ0n) is 12.6. The van der Waals surface area contributed by atoms with Crippen molar-refractivity contribution < 1.29 is 9.53 Å². The second kappa shape index (κ2) is 7.71. The molecule has 2 aromatic rings. The van der Waals surface area contributed by atoms with Gasteiger partial charge in [-0.05, 0) is 42.3 Å². The van der Waals surface area contributed by atoms with E-state index in [2.05, 4.69) is 10.6 Å². The van der Waals surface area contributed by atoms with Gasteiger partial charge < -0.3 is 15.4 Å². The average molecular weight is 319 g/mol. The molecule has 0 bridgehead atoms. The first-order valence-electron chi connectivity index (χ1n) is 7.01. The molecule has 0 saturated carbocycles. The lowest BCUT2D eigenvalue weighted by molar-refractivity contribution is 0.237. The van der Waals surface area contributed by atoms with Gasteiger partial charge in [0.25, 0.3) is 0 Å². The molecule has 2 rings (SSSR count). The van der Waals surface area contributed by atoms with Crippen LogP contribution in [0.15, 0.2) is 48.5 Å². The number of methoxy groups -OCH3 is 1. The van der Waals surface area contributed by atoms with Gasteiger partial charge in [-0.2, -0.15) is 0 Å². The summed E-state index contributed by atoms with van der Waals surface area (Å²) >= 11 is 5.95. The van der Waals surface area contributed by atoms with E-state index in [0.29, 0.717) is 11.6 Å². The fraction of sp³-hybridized carbons (Fsp3) is 0.235. The summed E-state index contributed by atoms with van der Waals surface area (Å²) in [7, 11) is 1.62. The van der Waals surface area contributed by atoms with Crippen LogP contribution in [0.25, 0.3) is 0 Å².